The van der Waals surface area contributed by atoms with E-state index in [1.165, 1.54) is 19.5 Å². The summed E-state index contributed by atoms with van der Waals surface area (Å²) in [7, 11) is 1.49. The van der Waals surface area contributed by atoms with Crippen molar-refractivity contribution >= 4 is 11.8 Å². The monoisotopic (exact) mass is 254 g/mol. The minimum atomic E-state index is -0.365. The number of hydrogen-bond acceptors (Lipinski definition) is 5. The highest BCUT2D eigenvalue weighted by molar-refractivity contribution is 5.88. The molecule has 0 spiro atoms. The van der Waals surface area contributed by atoms with Crippen LogP contribution in [0.3, 0.4) is 0 Å². The first-order valence-electron chi connectivity index (χ1n) is 5.74. The first-order chi connectivity index (χ1) is 8.69. The number of ether oxygens (including phenoxy) is 1. The lowest BCUT2D eigenvalue weighted by Gasteiger charge is -2.15. The molecule has 1 unspecified atom stereocenters. The van der Waals surface area contributed by atoms with Gasteiger partial charge in [0.2, 0.25) is 5.88 Å². The summed E-state index contributed by atoms with van der Waals surface area (Å²) >= 11 is 0. The molecular formula is C11H18N4O3. The van der Waals surface area contributed by atoms with E-state index in [0.29, 0.717) is 18.1 Å². The summed E-state index contributed by atoms with van der Waals surface area (Å²) in [4.78, 5) is 19.4. The summed E-state index contributed by atoms with van der Waals surface area (Å²) in [6.45, 7) is 1.98. The van der Waals surface area contributed by atoms with Gasteiger partial charge in [0.25, 0.3) is 0 Å². The van der Waals surface area contributed by atoms with E-state index in [4.69, 9.17) is 9.84 Å². The Balaban J connectivity index is 2.52. The number of nitrogens with zero attached hydrogens (tertiary/aromatic N) is 2. The van der Waals surface area contributed by atoms with Crippen molar-refractivity contribution < 1.29 is 14.6 Å². The SMILES string of the molecule is CCC(CCO)NC(=O)Nc1cc(OC)ncn1. The summed E-state index contributed by atoms with van der Waals surface area (Å²) in [6.07, 6.45) is 2.58. The van der Waals surface area contributed by atoms with Gasteiger partial charge >= 0.3 is 6.03 Å². The Bertz CT molecular complexity index is 386. The Hall–Kier alpha value is -1.89. The molecule has 1 heterocycles. The molecule has 0 bridgehead atoms. The van der Waals surface area contributed by atoms with Gasteiger partial charge in [-0.1, -0.05) is 6.92 Å². The van der Waals surface area contributed by atoms with Crippen LogP contribution in [-0.2, 0) is 0 Å². The van der Waals surface area contributed by atoms with Crippen molar-refractivity contribution in [1.29, 1.82) is 0 Å². The Labute approximate surface area is 106 Å². The molecule has 1 atom stereocenters. The van der Waals surface area contributed by atoms with E-state index in [0.717, 1.165) is 6.42 Å². The quantitative estimate of drug-likeness (QED) is 0.696. The zero-order valence-electron chi connectivity index (χ0n) is 10.5. The smallest absolute Gasteiger partial charge is 0.320 e. The number of methoxy groups -OCH3 is 1. The minimum absolute atomic E-state index is 0.0418. The van der Waals surface area contributed by atoms with Gasteiger partial charge in [0.15, 0.2) is 0 Å². The number of aromatic nitrogens is 2. The van der Waals surface area contributed by atoms with Crippen molar-refractivity contribution in [2.24, 2.45) is 0 Å². The van der Waals surface area contributed by atoms with Crippen molar-refractivity contribution in [2.75, 3.05) is 19.0 Å². The second-order valence-corrected chi connectivity index (χ2v) is 3.66. The topological polar surface area (TPSA) is 96.4 Å². The number of amides is 2. The molecule has 18 heavy (non-hydrogen) atoms. The van der Waals surface area contributed by atoms with Gasteiger partial charge in [0.05, 0.1) is 7.11 Å². The van der Waals surface area contributed by atoms with Crippen LogP contribution in [0.4, 0.5) is 10.6 Å². The zero-order valence-corrected chi connectivity index (χ0v) is 10.5. The first kappa shape index (κ1) is 14.2. The van der Waals surface area contributed by atoms with Crippen LogP contribution in [0, 0.1) is 0 Å². The molecule has 1 aromatic rings. The Morgan fingerprint density at radius 2 is 2.33 bits per heavy atom. The average molecular weight is 254 g/mol. The highest BCUT2D eigenvalue weighted by atomic mass is 16.5. The van der Waals surface area contributed by atoms with E-state index in [1.54, 1.807) is 0 Å². The van der Waals surface area contributed by atoms with E-state index in [-0.39, 0.29) is 18.7 Å². The maximum Gasteiger partial charge on any atom is 0.320 e. The molecule has 1 aromatic heterocycles. The van der Waals surface area contributed by atoms with Gasteiger partial charge < -0.3 is 15.2 Å². The van der Waals surface area contributed by atoms with Crippen LogP contribution in [0.5, 0.6) is 5.88 Å². The van der Waals surface area contributed by atoms with Crippen LogP contribution in [0.2, 0.25) is 0 Å². The van der Waals surface area contributed by atoms with Crippen molar-refractivity contribution in [1.82, 2.24) is 15.3 Å². The first-order valence-corrected chi connectivity index (χ1v) is 5.74. The molecule has 0 saturated heterocycles. The second kappa shape index (κ2) is 7.44. The Morgan fingerprint density at radius 1 is 1.56 bits per heavy atom. The normalized spacial score (nSPS) is 11.7. The fourth-order valence-electron chi connectivity index (χ4n) is 1.39. The van der Waals surface area contributed by atoms with Gasteiger partial charge in [-0.3, -0.25) is 5.32 Å². The van der Waals surface area contributed by atoms with Crippen LogP contribution < -0.4 is 15.4 Å². The summed E-state index contributed by atoms with van der Waals surface area (Å²) in [5, 5.41) is 14.1. The van der Waals surface area contributed by atoms with E-state index in [1.807, 2.05) is 6.92 Å². The molecule has 0 fully saturated rings. The number of aliphatic hydroxyl groups is 1. The third kappa shape index (κ3) is 4.54. The van der Waals surface area contributed by atoms with Gasteiger partial charge in [-0.25, -0.2) is 14.8 Å². The van der Waals surface area contributed by atoms with Crippen LogP contribution in [0.1, 0.15) is 19.8 Å². The van der Waals surface area contributed by atoms with Gasteiger partial charge in [0.1, 0.15) is 12.1 Å². The van der Waals surface area contributed by atoms with Crippen molar-refractivity contribution in [3.63, 3.8) is 0 Å². The van der Waals surface area contributed by atoms with Gasteiger partial charge in [-0.05, 0) is 12.8 Å². The Morgan fingerprint density at radius 3 is 2.94 bits per heavy atom. The number of anilines is 1. The fraction of sp³-hybridized carbons (Fsp3) is 0.545. The lowest BCUT2D eigenvalue weighted by molar-refractivity contribution is 0.237. The highest BCUT2D eigenvalue weighted by Gasteiger charge is 2.10. The predicted octanol–water partition coefficient (Wildman–Crippen LogP) is 0.768. The highest BCUT2D eigenvalue weighted by Crippen LogP contribution is 2.09. The number of urea groups is 1. The van der Waals surface area contributed by atoms with Crippen LogP contribution in [-0.4, -0.2) is 40.9 Å². The minimum Gasteiger partial charge on any atom is -0.481 e. The predicted molar refractivity (Wildman–Crippen MR) is 66.5 cm³/mol. The molecule has 0 radical (unpaired) electrons. The number of rotatable bonds is 6. The van der Waals surface area contributed by atoms with Gasteiger partial charge in [0, 0.05) is 18.7 Å². The molecule has 0 aliphatic heterocycles. The molecule has 3 N–H and O–H groups in total. The summed E-state index contributed by atoms with van der Waals surface area (Å²) in [5.41, 5.74) is 0. The molecule has 0 aliphatic rings. The number of aliphatic hydroxyl groups excluding tert-OH is 1. The molecule has 1 rings (SSSR count). The second-order valence-electron chi connectivity index (χ2n) is 3.66. The number of hydrogen-bond donors (Lipinski definition) is 3. The molecule has 0 saturated carbocycles. The van der Waals surface area contributed by atoms with Crippen molar-refractivity contribution in [3.05, 3.63) is 12.4 Å². The third-order valence-electron chi connectivity index (χ3n) is 2.40. The van der Waals surface area contributed by atoms with E-state index in [9.17, 15) is 4.79 Å². The standard InChI is InChI=1S/C11H18N4O3/c1-3-8(4-5-16)14-11(17)15-9-6-10(18-2)13-7-12-9/h6-8,16H,3-5H2,1-2H3,(H2,12,13,14,15,17). The van der Waals surface area contributed by atoms with E-state index < -0.39 is 0 Å². The van der Waals surface area contributed by atoms with Crippen molar-refractivity contribution in [2.45, 2.75) is 25.8 Å². The maximum atomic E-state index is 11.7. The van der Waals surface area contributed by atoms with Crippen LogP contribution in [0.15, 0.2) is 12.4 Å². The molecule has 2 amide bonds. The molecule has 0 aliphatic carbocycles. The zero-order chi connectivity index (χ0) is 13.4. The third-order valence-corrected chi connectivity index (χ3v) is 2.40. The summed E-state index contributed by atoms with van der Waals surface area (Å²) < 4.78 is 4.92. The number of carbonyl (C=O) groups excluding carboxylic acids is 1. The number of carbonyl (C=O) groups is 1. The lowest BCUT2D eigenvalue weighted by atomic mass is 10.2. The fourth-order valence-corrected chi connectivity index (χ4v) is 1.39. The lowest BCUT2D eigenvalue weighted by Crippen LogP contribution is -2.38. The van der Waals surface area contributed by atoms with Crippen LogP contribution >= 0.6 is 0 Å². The van der Waals surface area contributed by atoms with E-state index in [2.05, 4.69) is 20.6 Å². The number of nitrogens with one attached hydrogen (secondary N) is 2. The van der Waals surface area contributed by atoms with Crippen molar-refractivity contribution in [3.8, 4) is 5.88 Å². The largest absolute Gasteiger partial charge is 0.481 e. The van der Waals surface area contributed by atoms with Gasteiger partial charge in [-0.2, -0.15) is 0 Å². The van der Waals surface area contributed by atoms with Gasteiger partial charge in [-0.15, -0.1) is 0 Å². The molecule has 7 heteroatoms. The summed E-state index contributed by atoms with van der Waals surface area (Å²) in [6, 6.07) is 1.10. The Kier molecular flexibility index (Phi) is 5.86. The molecule has 0 aromatic carbocycles. The molecule has 7 nitrogen and oxygen atoms in total. The van der Waals surface area contributed by atoms with E-state index >= 15 is 0 Å². The average Bonchev–Trinajstić information content (AvgIpc) is 2.38. The molecule has 100 valence electrons. The maximum absolute atomic E-state index is 11.7. The summed E-state index contributed by atoms with van der Waals surface area (Å²) in [5.74, 6) is 0.737. The molecular weight excluding hydrogens is 236 g/mol. The van der Waals surface area contributed by atoms with Crippen LogP contribution in [0.25, 0.3) is 0 Å².